The van der Waals surface area contributed by atoms with Crippen molar-refractivity contribution in [1.29, 1.82) is 0 Å². The Kier molecular flexibility index (Phi) is 6.27. The minimum absolute atomic E-state index is 0.159. The number of hydrogen-bond donors (Lipinski definition) is 1. The molecule has 0 spiro atoms. The Hall–Kier alpha value is -1.30. The molecule has 1 N–H and O–H groups in total. The molecule has 0 saturated carbocycles. The van der Waals surface area contributed by atoms with Crippen molar-refractivity contribution in [3.8, 4) is 0 Å². The SMILES string of the molecule is CCN(CC)CCCNC(=O)c1c(C)nc2c(Cl)cc(Cl)cn12. The van der Waals surface area contributed by atoms with Crippen LogP contribution in [0, 0.1) is 6.92 Å². The number of imidazole rings is 1. The number of carbonyl (C=O) groups is 1. The molecule has 0 aromatic carbocycles. The van der Waals surface area contributed by atoms with Crippen LogP contribution in [0.4, 0.5) is 0 Å². The minimum Gasteiger partial charge on any atom is -0.351 e. The molecule has 2 aromatic heterocycles. The molecular formula is C16H22Cl2N4O. The van der Waals surface area contributed by atoms with Gasteiger partial charge in [0.15, 0.2) is 5.65 Å². The average Bonchev–Trinajstić information content (AvgIpc) is 2.84. The molecule has 0 bridgehead atoms. The fraction of sp³-hybridized carbons (Fsp3) is 0.500. The van der Waals surface area contributed by atoms with E-state index in [1.165, 1.54) is 0 Å². The smallest absolute Gasteiger partial charge is 0.270 e. The quantitative estimate of drug-likeness (QED) is 0.773. The van der Waals surface area contributed by atoms with Gasteiger partial charge in [-0.1, -0.05) is 37.0 Å². The highest BCUT2D eigenvalue weighted by Crippen LogP contribution is 2.24. The molecule has 7 heteroatoms. The van der Waals surface area contributed by atoms with Crippen molar-refractivity contribution in [2.75, 3.05) is 26.2 Å². The summed E-state index contributed by atoms with van der Waals surface area (Å²) in [5, 5.41) is 3.85. The molecule has 0 fully saturated rings. The van der Waals surface area contributed by atoms with Crippen LogP contribution in [-0.2, 0) is 0 Å². The normalized spacial score (nSPS) is 11.4. The Bertz CT molecular complexity index is 695. The number of aromatic nitrogens is 2. The van der Waals surface area contributed by atoms with Crippen LogP contribution in [0.1, 0.15) is 36.5 Å². The van der Waals surface area contributed by atoms with E-state index in [2.05, 4.69) is 29.0 Å². The van der Waals surface area contributed by atoms with Crippen LogP contribution < -0.4 is 5.32 Å². The standard InChI is InChI=1S/C16H22Cl2N4O/c1-4-21(5-2)8-6-7-19-16(23)14-11(3)20-15-13(18)9-12(17)10-22(14)15/h9-10H,4-8H2,1-3H3,(H,19,23). The minimum atomic E-state index is -0.159. The number of hydrogen-bond acceptors (Lipinski definition) is 3. The molecular weight excluding hydrogens is 335 g/mol. The lowest BCUT2D eigenvalue weighted by Crippen LogP contribution is -2.30. The molecule has 0 unspecified atom stereocenters. The summed E-state index contributed by atoms with van der Waals surface area (Å²) in [6.07, 6.45) is 2.57. The molecule has 0 aliphatic carbocycles. The number of nitrogens with zero attached hydrogens (tertiary/aromatic N) is 3. The zero-order chi connectivity index (χ0) is 17.0. The first kappa shape index (κ1) is 18.0. The van der Waals surface area contributed by atoms with Gasteiger partial charge in [0.05, 0.1) is 15.7 Å². The van der Waals surface area contributed by atoms with E-state index in [4.69, 9.17) is 23.2 Å². The molecule has 2 rings (SSSR count). The van der Waals surface area contributed by atoms with E-state index in [-0.39, 0.29) is 5.91 Å². The first-order valence-electron chi connectivity index (χ1n) is 7.82. The molecule has 5 nitrogen and oxygen atoms in total. The maximum atomic E-state index is 12.5. The maximum absolute atomic E-state index is 12.5. The third-order valence-electron chi connectivity index (χ3n) is 3.86. The van der Waals surface area contributed by atoms with Crippen molar-refractivity contribution in [3.63, 3.8) is 0 Å². The summed E-state index contributed by atoms with van der Waals surface area (Å²) in [7, 11) is 0. The predicted octanol–water partition coefficient (Wildman–Crippen LogP) is 3.41. The van der Waals surface area contributed by atoms with Gasteiger partial charge < -0.3 is 10.2 Å². The molecule has 0 aliphatic heterocycles. The van der Waals surface area contributed by atoms with Crippen LogP contribution in [0.15, 0.2) is 12.3 Å². The highest BCUT2D eigenvalue weighted by molar-refractivity contribution is 6.36. The number of halogens is 2. The lowest BCUT2D eigenvalue weighted by molar-refractivity contribution is 0.0945. The van der Waals surface area contributed by atoms with Crippen LogP contribution in [0.2, 0.25) is 10.0 Å². The monoisotopic (exact) mass is 356 g/mol. The van der Waals surface area contributed by atoms with Gasteiger partial charge >= 0.3 is 0 Å². The van der Waals surface area contributed by atoms with E-state index in [1.54, 1.807) is 23.6 Å². The van der Waals surface area contributed by atoms with Crippen molar-refractivity contribution in [2.24, 2.45) is 0 Å². The van der Waals surface area contributed by atoms with Crippen LogP contribution in [0.3, 0.4) is 0 Å². The largest absolute Gasteiger partial charge is 0.351 e. The lowest BCUT2D eigenvalue weighted by atomic mass is 10.3. The van der Waals surface area contributed by atoms with E-state index >= 15 is 0 Å². The van der Waals surface area contributed by atoms with Crippen LogP contribution in [0.25, 0.3) is 5.65 Å². The second kappa shape index (κ2) is 7.99. The summed E-state index contributed by atoms with van der Waals surface area (Å²) < 4.78 is 1.65. The summed E-state index contributed by atoms with van der Waals surface area (Å²) in [6.45, 7) is 9.70. The van der Waals surface area contributed by atoms with E-state index in [9.17, 15) is 4.79 Å². The van der Waals surface area contributed by atoms with E-state index in [1.807, 2.05) is 0 Å². The Morgan fingerprint density at radius 2 is 2.04 bits per heavy atom. The number of carbonyl (C=O) groups excluding carboxylic acids is 1. The van der Waals surface area contributed by atoms with Crippen molar-refractivity contribution < 1.29 is 4.79 Å². The van der Waals surface area contributed by atoms with Gasteiger partial charge in [0.2, 0.25) is 0 Å². The van der Waals surface area contributed by atoms with Gasteiger partial charge in [0, 0.05) is 12.7 Å². The number of amides is 1. The van der Waals surface area contributed by atoms with Gasteiger partial charge in [-0.25, -0.2) is 4.98 Å². The highest BCUT2D eigenvalue weighted by atomic mass is 35.5. The van der Waals surface area contributed by atoms with Gasteiger partial charge in [0.1, 0.15) is 5.69 Å². The van der Waals surface area contributed by atoms with Crippen molar-refractivity contribution in [2.45, 2.75) is 27.2 Å². The first-order chi connectivity index (χ1) is 11.0. The topological polar surface area (TPSA) is 49.6 Å². The highest BCUT2D eigenvalue weighted by Gasteiger charge is 2.18. The summed E-state index contributed by atoms with van der Waals surface area (Å²) >= 11 is 12.2. The second-order valence-corrected chi connectivity index (χ2v) is 6.23. The van der Waals surface area contributed by atoms with Crippen LogP contribution in [0.5, 0.6) is 0 Å². The van der Waals surface area contributed by atoms with E-state index < -0.39 is 0 Å². The van der Waals surface area contributed by atoms with Gasteiger partial charge in [0.25, 0.3) is 5.91 Å². The number of nitrogens with one attached hydrogen (secondary N) is 1. The second-order valence-electron chi connectivity index (χ2n) is 5.38. The van der Waals surface area contributed by atoms with E-state index in [0.717, 1.165) is 26.1 Å². The summed E-state index contributed by atoms with van der Waals surface area (Å²) in [5.41, 5.74) is 1.66. The van der Waals surface area contributed by atoms with Crippen LogP contribution >= 0.6 is 23.2 Å². The predicted molar refractivity (Wildman–Crippen MR) is 94.7 cm³/mol. The summed E-state index contributed by atoms with van der Waals surface area (Å²) in [4.78, 5) is 19.2. The number of rotatable bonds is 7. The lowest BCUT2D eigenvalue weighted by Gasteiger charge is -2.17. The number of fused-ring (bicyclic) bond motifs is 1. The van der Waals surface area contributed by atoms with Gasteiger partial charge in [-0.15, -0.1) is 0 Å². The van der Waals surface area contributed by atoms with Crippen molar-refractivity contribution in [3.05, 3.63) is 33.7 Å². The van der Waals surface area contributed by atoms with E-state index in [0.29, 0.717) is 33.6 Å². The molecule has 126 valence electrons. The Labute approximate surface area is 146 Å². The molecule has 0 saturated heterocycles. The van der Waals surface area contributed by atoms with Gasteiger partial charge in [-0.05, 0) is 39.0 Å². The zero-order valence-electron chi connectivity index (χ0n) is 13.7. The molecule has 1 amide bonds. The third kappa shape index (κ3) is 4.16. The van der Waals surface area contributed by atoms with Gasteiger partial charge in [-0.2, -0.15) is 0 Å². The molecule has 0 radical (unpaired) electrons. The fourth-order valence-corrected chi connectivity index (χ4v) is 3.10. The molecule has 2 aromatic rings. The summed E-state index contributed by atoms with van der Waals surface area (Å²) in [6, 6.07) is 1.62. The zero-order valence-corrected chi connectivity index (χ0v) is 15.2. The molecule has 23 heavy (non-hydrogen) atoms. The average molecular weight is 357 g/mol. The Morgan fingerprint density at radius 1 is 1.35 bits per heavy atom. The van der Waals surface area contributed by atoms with Gasteiger partial charge in [-0.3, -0.25) is 9.20 Å². The fourth-order valence-electron chi connectivity index (χ4n) is 2.59. The molecule has 0 atom stereocenters. The van der Waals surface area contributed by atoms with Crippen molar-refractivity contribution in [1.82, 2.24) is 19.6 Å². The van der Waals surface area contributed by atoms with Crippen molar-refractivity contribution >= 4 is 34.8 Å². The summed E-state index contributed by atoms with van der Waals surface area (Å²) in [5.74, 6) is -0.159. The number of pyridine rings is 1. The van der Waals surface area contributed by atoms with Crippen LogP contribution in [-0.4, -0.2) is 46.4 Å². The Balaban J connectivity index is 2.08. The molecule has 2 heterocycles. The Morgan fingerprint density at radius 3 is 2.70 bits per heavy atom. The number of aryl methyl sites for hydroxylation is 1. The molecule has 0 aliphatic rings. The third-order valence-corrected chi connectivity index (χ3v) is 4.35. The maximum Gasteiger partial charge on any atom is 0.270 e. The first-order valence-corrected chi connectivity index (χ1v) is 8.57.